The predicted octanol–water partition coefficient (Wildman–Crippen LogP) is 3.83. The van der Waals surface area contributed by atoms with Gasteiger partial charge in [-0.2, -0.15) is 0 Å². The quantitative estimate of drug-likeness (QED) is 0.898. The minimum atomic E-state index is -0.648. The fourth-order valence-electron chi connectivity index (χ4n) is 1.84. The van der Waals surface area contributed by atoms with Gasteiger partial charge in [0.25, 0.3) is 0 Å². The smallest absolute Gasteiger partial charge is 0.135 e. The van der Waals surface area contributed by atoms with E-state index in [1.54, 1.807) is 6.26 Å². The van der Waals surface area contributed by atoms with Crippen LogP contribution in [0.4, 0.5) is 0 Å². The zero-order valence-electron chi connectivity index (χ0n) is 9.90. The maximum absolute atomic E-state index is 10.1. The Bertz CT molecular complexity index is 517. The zero-order chi connectivity index (χ0) is 12.4. The Balaban J connectivity index is 2.19. The second-order valence-corrected chi connectivity index (χ2v) is 4.69. The Morgan fingerprint density at radius 3 is 2.65 bits per heavy atom. The molecule has 1 unspecified atom stereocenters. The van der Waals surface area contributed by atoms with Gasteiger partial charge in [0.15, 0.2) is 0 Å². The van der Waals surface area contributed by atoms with Crippen LogP contribution in [0.15, 0.2) is 34.9 Å². The molecule has 0 spiro atoms. The largest absolute Gasteiger partial charge is 0.466 e. The van der Waals surface area contributed by atoms with E-state index in [4.69, 9.17) is 16.0 Å². The normalized spacial score (nSPS) is 12.7. The SMILES string of the molecule is Cc1ccc(CC(O)c2occc2C)c(Cl)c1. The van der Waals surface area contributed by atoms with Gasteiger partial charge >= 0.3 is 0 Å². The summed E-state index contributed by atoms with van der Waals surface area (Å²) in [5.41, 5.74) is 3.00. The van der Waals surface area contributed by atoms with Crippen LogP contribution in [0.2, 0.25) is 5.02 Å². The van der Waals surface area contributed by atoms with Crippen LogP contribution in [0.1, 0.15) is 28.6 Å². The molecule has 17 heavy (non-hydrogen) atoms. The first-order valence-electron chi connectivity index (χ1n) is 5.55. The lowest BCUT2D eigenvalue weighted by Gasteiger charge is -2.11. The molecule has 3 heteroatoms. The van der Waals surface area contributed by atoms with E-state index >= 15 is 0 Å². The first-order valence-corrected chi connectivity index (χ1v) is 5.93. The molecule has 0 radical (unpaired) electrons. The van der Waals surface area contributed by atoms with Crippen LogP contribution >= 0.6 is 11.6 Å². The van der Waals surface area contributed by atoms with Gasteiger partial charge in [0.2, 0.25) is 0 Å². The van der Waals surface area contributed by atoms with Crippen LogP contribution < -0.4 is 0 Å². The van der Waals surface area contributed by atoms with Crippen molar-refractivity contribution in [1.29, 1.82) is 0 Å². The molecule has 2 aromatic rings. The van der Waals surface area contributed by atoms with Crippen molar-refractivity contribution >= 4 is 11.6 Å². The highest BCUT2D eigenvalue weighted by Crippen LogP contribution is 2.26. The molecule has 0 aliphatic rings. The zero-order valence-corrected chi connectivity index (χ0v) is 10.7. The first kappa shape index (κ1) is 12.2. The van der Waals surface area contributed by atoms with Gasteiger partial charge in [0.05, 0.1) is 6.26 Å². The summed E-state index contributed by atoms with van der Waals surface area (Å²) in [4.78, 5) is 0. The number of aliphatic hydroxyl groups excluding tert-OH is 1. The number of aliphatic hydroxyl groups is 1. The molecule has 2 rings (SSSR count). The van der Waals surface area contributed by atoms with Crippen LogP contribution in [0.3, 0.4) is 0 Å². The van der Waals surface area contributed by atoms with Crippen molar-refractivity contribution in [3.05, 3.63) is 58.0 Å². The van der Waals surface area contributed by atoms with E-state index in [1.807, 2.05) is 38.1 Å². The van der Waals surface area contributed by atoms with Crippen molar-refractivity contribution in [1.82, 2.24) is 0 Å². The Labute approximate surface area is 106 Å². The molecule has 0 fully saturated rings. The summed E-state index contributed by atoms with van der Waals surface area (Å²) < 4.78 is 5.27. The lowest BCUT2D eigenvalue weighted by Crippen LogP contribution is -2.02. The monoisotopic (exact) mass is 250 g/mol. The third-order valence-corrected chi connectivity index (χ3v) is 3.18. The molecule has 1 heterocycles. The maximum atomic E-state index is 10.1. The molecule has 0 aliphatic heterocycles. The molecule has 2 nitrogen and oxygen atoms in total. The van der Waals surface area contributed by atoms with Crippen LogP contribution in [0.5, 0.6) is 0 Å². The highest BCUT2D eigenvalue weighted by molar-refractivity contribution is 6.31. The van der Waals surface area contributed by atoms with Gasteiger partial charge in [-0.05, 0) is 42.7 Å². The molecule has 1 aromatic carbocycles. The predicted molar refractivity (Wildman–Crippen MR) is 68.3 cm³/mol. The summed E-state index contributed by atoms with van der Waals surface area (Å²) in [6.45, 7) is 3.90. The minimum absolute atomic E-state index is 0.466. The van der Waals surface area contributed by atoms with E-state index in [2.05, 4.69) is 0 Å². The average molecular weight is 251 g/mol. The van der Waals surface area contributed by atoms with Crippen LogP contribution in [-0.4, -0.2) is 5.11 Å². The number of furan rings is 1. The van der Waals surface area contributed by atoms with Crippen LogP contribution in [0, 0.1) is 13.8 Å². The van der Waals surface area contributed by atoms with Gasteiger partial charge in [0, 0.05) is 11.4 Å². The molecule has 90 valence electrons. The van der Waals surface area contributed by atoms with Gasteiger partial charge in [-0.1, -0.05) is 23.7 Å². The summed E-state index contributed by atoms with van der Waals surface area (Å²) in [6.07, 6.45) is 1.41. The van der Waals surface area contributed by atoms with Crippen molar-refractivity contribution in [3.63, 3.8) is 0 Å². The van der Waals surface area contributed by atoms with Crippen molar-refractivity contribution in [2.45, 2.75) is 26.4 Å². The summed E-state index contributed by atoms with van der Waals surface area (Å²) in [7, 11) is 0. The van der Waals surface area contributed by atoms with Crippen molar-refractivity contribution in [3.8, 4) is 0 Å². The molecule has 1 atom stereocenters. The summed E-state index contributed by atoms with van der Waals surface area (Å²) in [5.74, 6) is 0.613. The highest BCUT2D eigenvalue weighted by atomic mass is 35.5. The molecular weight excluding hydrogens is 236 g/mol. The van der Waals surface area contributed by atoms with Gasteiger partial charge < -0.3 is 9.52 Å². The van der Waals surface area contributed by atoms with E-state index in [0.717, 1.165) is 16.7 Å². The molecule has 0 aliphatic carbocycles. The maximum Gasteiger partial charge on any atom is 0.135 e. The first-order chi connectivity index (χ1) is 8.08. The van der Waals surface area contributed by atoms with E-state index in [1.165, 1.54) is 0 Å². The summed E-state index contributed by atoms with van der Waals surface area (Å²) >= 11 is 6.13. The summed E-state index contributed by atoms with van der Waals surface area (Å²) in [5, 5.41) is 10.8. The number of benzene rings is 1. The molecule has 1 aromatic heterocycles. The van der Waals surface area contributed by atoms with Gasteiger partial charge in [-0.15, -0.1) is 0 Å². The minimum Gasteiger partial charge on any atom is -0.466 e. The second kappa shape index (κ2) is 4.94. The number of hydrogen-bond donors (Lipinski definition) is 1. The number of hydrogen-bond acceptors (Lipinski definition) is 2. The van der Waals surface area contributed by atoms with E-state index < -0.39 is 6.10 Å². The number of halogens is 1. The molecule has 0 saturated carbocycles. The van der Waals surface area contributed by atoms with Gasteiger partial charge in [0.1, 0.15) is 11.9 Å². The third kappa shape index (κ3) is 2.71. The third-order valence-electron chi connectivity index (χ3n) is 2.83. The highest BCUT2D eigenvalue weighted by Gasteiger charge is 2.15. The van der Waals surface area contributed by atoms with Crippen molar-refractivity contribution in [2.75, 3.05) is 0 Å². The Hall–Kier alpha value is -1.25. The van der Waals surface area contributed by atoms with Crippen LogP contribution in [-0.2, 0) is 6.42 Å². The summed E-state index contributed by atoms with van der Waals surface area (Å²) in [6, 6.07) is 7.68. The van der Waals surface area contributed by atoms with Crippen molar-refractivity contribution in [2.24, 2.45) is 0 Å². The van der Waals surface area contributed by atoms with Crippen LogP contribution in [0.25, 0.3) is 0 Å². The number of rotatable bonds is 3. The number of aryl methyl sites for hydroxylation is 2. The second-order valence-electron chi connectivity index (χ2n) is 4.28. The van der Waals surface area contributed by atoms with Gasteiger partial charge in [-0.3, -0.25) is 0 Å². The Morgan fingerprint density at radius 2 is 2.06 bits per heavy atom. The fourth-order valence-corrected chi connectivity index (χ4v) is 2.16. The molecule has 1 N–H and O–H groups in total. The fraction of sp³-hybridized carbons (Fsp3) is 0.286. The lowest BCUT2D eigenvalue weighted by atomic mass is 10.0. The lowest BCUT2D eigenvalue weighted by molar-refractivity contribution is 0.149. The molecule has 0 saturated heterocycles. The Morgan fingerprint density at radius 1 is 1.29 bits per heavy atom. The average Bonchev–Trinajstić information content (AvgIpc) is 2.68. The van der Waals surface area contributed by atoms with Crippen molar-refractivity contribution < 1.29 is 9.52 Å². The molecular formula is C14H15ClO2. The molecule has 0 bridgehead atoms. The van der Waals surface area contributed by atoms with E-state index in [0.29, 0.717) is 17.2 Å². The van der Waals surface area contributed by atoms with Gasteiger partial charge in [-0.25, -0.2) is 0 Å². The van der Waals surface area contributed by atoms with E-state index in [9.17, 15) is 5.11 Å². The van der Waals surface area contributed by atoms with E-state index in [-0.39, 0.29) is 0 Å². The standard InChI is InChI=1S/C14H15ClO2/c1-9-3-4-11(12(15)7-9)8-13(16)14-10(2)5-6-17-14/h3-7,13,16H,8H2,1-2H3. The molecule has 0 amide bonds. The Kier molecular flexibility index (Phi) is 3.55. The topological polar surface area (TPSA) is 33.4 Å².